The van der Waals surface area contributed by atoms with Gasteiger partial charge >= 0.3 is 0 Å². The van der Waals surface area contributed by atoms with E-state index in [9.17, 15) is 9.59 Å². The van der Waals surface area contributed by atoms with E-state index in [1.165, 1.54) is 18.7 Å². The van der Waals surface area contributed by atoms with Crippen LogP contribution in [-0.4, -0.2) is 32.9 Å². The van der Waals surface area contributed by atoms with E-state index in [-0.39, 0.29) is 22.9 Å². The molecule has 18 heavy (non-hydrogen) atoms. The van der Waals surface area contributed by atoms with E-state index >= 15 is 0 Å². The smallest absolute Gasteiger partial charge is 0.229 e. The van der Waals surface area contributed by atoms with Gasteiger partial charge in [-0.1, -0.05) is 17.8 Å². The van der Waals surface area contributed by atoms with Crippen molar-refractivity contribution >= 4 is 28.6 Å². The molecule has 0 aliphatic carbocycles. The number of hydrogen-bond donors (Lipinski definition) is 1. The lowest BCUT2D eigenvalue weighted by atomic mass is 10.3. The number of nitrogens with zero attached hydrogens (tertiary/aromatic N) is 2. The van der Waals surface area contributed by atoms with Gasteiger partial charge in [0.15, 0.2) is 5.12 Å². The number of thioether (sulfide) groups is 1. The fourth-order valence-corrected chi connectivity index (χ4v) is 2.83. The summed E-state index contributed by atoms with van der Waals surface area (Å²) in [5.74, 6) is 0.509. The van der Waals surface area contributed by atoms with Crippen molar-refractivity contribution in [3.05, 3.63) is 23.9 Å². The molecule has 1 unspecified atom stereocenters. The molecule has 2 rings (SSSR count). The third-order valence-electron chi connectivity index (χ3n) is 2.65. The second kappa shape index (κ2) is 5.49. The highest BCUT2D eigenvalue weighted by Gasteiger charge is 2.32. The average Bonchev–Trinajstić information content (AvgIpc) is 2.69. The molecule has 1 aromatic heterocycles. The standard InChI is InChI=1S/C12H14N2O3S/c1-8(16)18-10-5-12(17)14(6-10)11-4-2-3-9(7-15)13-11/h2-4,10,15H,5-7H2,1H3. The SMILES string of the molecule is CC(=O)SC1CC(=O)N(c2cccc(CO)n2)C1. The molecule has 1 aromatic rings. The number of aliphatic hydroxyl groups is 1. The van der Waals surface area contributed by atoms with Gasteiger partial charge in [-0.2, -0.15) is 0 Å². The van der Waals surface area contributed by atoms with Crippen LogP contribution in [0.2, 0.25) is 0 Å². The molecule has 0 aromatic carbocycles. The highest BCUT2D eigenvalue weighted by atomic mass is 32.2. The van der Waals surface area contributed by atoms with Crippen molar-refractivity contribution in [3.8, 4) is 0 Å². The molecule has 1 fully saturated rings. The predicted molar refractivity (Wildman–Crippen MR) is 69.2 cm³/mol. The Balaban J connectivity index is 2.13. The molecule has 1 aliphatic rings. The summed E-state index contributed by atoms with van der Waals surface area (Å²) in [5, 5.41) is 9.04. The molecule has 5 nitrogen and oxygen atoms in total. The Hall–Kier alpha value is -1.40. The summed E-state index contributed by atoms with van der Waals surface area (Å²) in [6, 6.07) is 5.19. The molecule has 1 aliphatic heterocycles. The van der Waals surface area contributed by atoms with Crippen LogP contribution in [0.5, 0.6) is 0 Å². The molecule has 96 valence electrons. The van der Waals surface area contributed by atoms with E-state index in [1.807, 2.05) is 0 Å². The minimum Gasteiger partial charge on any atom is -0.390 e. The molecule has 0 saturated carbocycles. The Kier molecular flexibility index (Phi) is 3.98. The van der Waals surface area contributed by atoms with Gasteiger partial charge in [-0.25, -0.2) is 4.98 Å². The van der Waals surface area contributed by atoms with Crippen LogP contribution in [-0.2, 0) is 16.2 Å². The van der Waals surface area contributed by atoms with Crippen molar-refractivity contribution in [2.24, 2.45) is 0 Å². The Bertz CT molecular complexity index is 478. The third kappa shape index (κ3) is 2.88. The second-order valence-corrected chi connectivity index (χ2v) is 5.56. The third-order valence-corrected chi connectivity index (χ3v) is 3.63. The lowest BCUT2D eigenvalue weighted by Gasteiger charge is -2.15. The van der Waals surface area contributed by atoms with Crippen molar-refractivity contribution < 1.29 is 14.7 Å². The first-order valence-corrected chi connectivity index (χ1v) is 6.52. The summed E-state index contributed by atoms with van der Waals surface area (Å²) in [4.78, 5) is 28.7. The van der Waals surface area contributed by atoms with E-state index < -0.39 is 0 Å². The van der Waals surface area contributed by atoms with Crippen molar-refractivity contribution in [2.45, 2.75) is 25.2 Å². The maximum Gasteiger partial charge on any atom is 0.229 e. The zero-order valence-corrected chi connectivity index (χ0v) is 10.8. The number of carbonyl (C=O) groups excluding carboxylic acids is 2. The quantitative estimate of drug-likeness (QED) is 0.882. The van der Waals surface area contributed by atoms with Crippen molar-refractivity contribution in [1.29, 1.82) is 0 Å². The van der Waals surface area contributed by atoms with Crippen LogP contribution in [0.15, 0.2) is 18.2 Å². The highest BCUT2D eigenvalue weighted by molar-refractivity contribution is 8.14. The van der Waals surface area contributed by atoms with E-state index in [0.29, 0.717) is 24.5 Å². The lowest BCUT2D eigenvalue weighted by molar-refractivity contribution is -0.117. The number of hydrogen-bond acceptors (Lipinski definition) is 5. The number of amides is 1. The maximum absolute atomic E-state index is 11.9. The fraction of sp³-hybridized carbons (Fsp3) is 0.417. The van der Waals surface area contributed by atoms with Crippen LogP contribution < -0.4 is 4.90 Å². The molecule has 2 heterocycles. The number of anilines is 1. The van der Waals surface area contributed by atoms with Gasteiger partial charge in [0.05, 0.1) is 12.3 Å². The Labute approximate surface area is 109 Å². The lowest BCUT2D eigenvalue weighted by Crippen LogP contribution is -2.26. The summed E-state index contributed by atoms with van der Waals surface area (Å²) in [5.41, 5.74) is 0.531. The van der Waals surface area contributed by atoms with E-state index in [2.05, 4.69) is 4.98 Å². The van der Waals surface area contributed by atoms with E-state index in [0.717, 1.165) is 0 Å². The first kappa shape index (κ1) is 13.0. The number of rotatable bonds is 3. The highest BCUT2D eigenvalue weighted by Crippen LogP contribution is 2.27. The Morgan fingerprint density at radius 3 is 3.06 bits per heavy atom. The monoisotopic (exact) mass is 266 g/mol. The molecular weight excluding hydrogens is 252 g/mol. The van der Waals surface area contributed by atoms with Crippen LogP contribution >= 0.6 is 11.8 Å². The van der Waals surface area contributed by atoms with E-state index in [1.54, 1.807) is 23.1 Å². The summed E-state index contributed by atoms with van der Waals surface area (Å²) in [6.45, 7) is 1.84. The number of pyridine rings is 1. The summed E-state index contributed by atoms with van der Waals surface area (Å²) in [7, 11) is 0. The molecule has 1 amide bonds. The number of carbonyl (C=O) groups is 2. The van der Waals surface area contributed by atoms with Gasteiger partial charge in [0.25, 0.3) is 0 Å². The van der Waals surface area contributed by atoms with Crippen LogP contribution in [0.25, 0.3) is 0 Å². The zero-order chi connectivity index (χ0) is 13.1. The van der Waals surface area contributed by atoms with Gasteiger partial charge in [0.2, 0.25) is 5.91 Å². The Morgan fingerprint density at radius 2 is 2.39 bits per heavy atom. The van der Waals surface area contributed by atoms with Gasteiger partial charge in [0, 0.05) is 25.1 Å². The molecule has 1 N–H and O–H groups in total. The molecular formula is C12H14N2O3S. The molecule has 1 saturated heterocycles. The van der Waals surface area contributed by atoms with Crippen molar-refractivity contribution in [3.63, 3.8) is 0 Å². The van der Waals surface area contributed by atoms with Gasteiger partial charge in [-0.3, -0.25) is 14.5 Å². The first-order valence-electron chi connectivity index (χ1n) is 5.64. The largest absolute Gasteiger partial charge is 0.390 e. The van der Waals surface area contributed by atoms with Crippen LogP contribution in [0.4, 0.5) is 5.82 Å². The molecule has 0 spiro atoms. The van der Waals surface area contributed by atoms with Crippen molar-refractivity contribution in [2.75, 3.05) is 11.4 Å². The first-order chi connectivity index (χ1) is 8.60. The van der Waals surface area contributed by atoms with Crippen LogP contribution in [0.3, 0.4) is 0 Å². The average molecular weight is 266 g/mol. The minimum atomic E-state index is -0.151. The van der Waals surface area contributed by atoms with Gasteiger partial charge in [-0.05, 0) is 12.1 Å². The van der Waals surface area contributed by atoms with Crippen LogP contribution in [0.1, 0.15) is 19.0 Å². The summed E-state index contributed by atoms with van der Waals surface area (Å²) in [6.07, 6.45) is 0.356. The van der Waals surface area contributed by atoms with Gasteiger partial charge in [-0.15, -0.1) is 0 Å². The topological polar surface area (TPSA) is 70.5 Å². The Morgan fingerprint density at radius 1 is 1.61 bits per heavy atom. The van der Waals surface area contributed by atoms with Gasteiger partial charge < -0.3 is 5.11 Å². The fourth-order valence-electron chi connectivity index (χ4n) is 1.92. The molecule has 6 heteroatoms. The minimum absolute atomic E-state index is 0.00502. The molecule has 1 atom stereocenters. The maximum atomic E-state index is 11.9. The van der Waals surface area contributed by atoms with Crippen LogP contribution in [0, 0.1) is 0 Å². The zero-order valence-electron chi connectivity index (χ0n) is 10.00. The number of aliphatic hydroxyl groups excluding tert-OH is 1. The van der Waals surface area contributed by atoms with Gasteiger partial charge in [0.1, 0.15) is 5.82 Å². The van der Waals surface area contributed by atoms with Crippen molar-refractivity contribution in [1.82, 2.24) is 4.98 Å². The molecule has 0 radical (unpaired) electrons. The number of aromatic nitrogens is 1. The normalized spacial score (nSPS) is 19.3. The van der Waals surface area contributed by atoms with E-state index in [4.69, 9.17) is 5.11 Å². The second-order valence-electron chi connectivity index (χ2n) is 4.09. The molecule has 0 bridgehead atoms. The summed E-state index contributed by atoms with van der Waals surface area (Å²) >= 11 is 1.20. The summed E-state index contributed by atoms with van der Waals surface area (Å²) < 4.78 is 0. The predicted octanol–water partition coefficient (Wildman–Crippen LogP) is 0.959.